The van der Waals surface area contributed by atoms with Crippen molar-refractivity contribution in [2.24, 2.45) is 14.1 Å². The van der Waals surface area contributed by atoms with Crippen molar-refractivity contribution in [1.29, 1.82) is 0 Å². The van der Waals surface area contributed by atoms with Crippen molar-refractivity contribution in [2.45, 2.75) is 18.6 Å². The van der Waals surface area contributed by atoms with Gasteiger partial charge in [0.25, 0.3) is 5.56 Å². The summed E-state index contributed by atoms with van der Waals surface area (Å²) in [6, 6.07) is 0. The second-order valence-electron chi connectivity index (χ2n) is 5.18. The molecule has 2 rings (SSSR count). The number of nitrogens with zero attached hydrogens (tertiary/aromatic N) is 4. The predicted molar refractivity (Wildman–Crippen MR) is 87.8 cm³/mol. The Morgan fingerprint density at radius 2 is 1.96 bits per heavy atom. The van der Waals surface area contributed by atoms with Crippen LogP contribution in [0.4, 0.5) is 0 Å². The molecule has 0 aliphatic rings. The summed E-state index contributed by atoms with van der Waals surface area (Å²) in [6.45, 7) is 6.05. The third kappa shape index (κ3) is 3.09. The molecule has 0 unspecified atom stereocenters. The van der Waals surface area contributed by atoms with E-state index in [1.165, 1.54) is 18.7 Å². The van der Waals surface area contributed by atoms with Gasteiger partial charge in [-0.25, -0.2) is 9.78 Å². The van der Waals surface area contributed by atoms with Gasteiger partial charge in [0.1, 0.15) is 0 Å². The molecule has 0 saturated carbocycles. The topological polar surface area (TPSA) is 88.1 Å². The fraction of sp³-hybridized carbons (Fsp3) is 0.429. The van der Waals surface area contributed by atoms with Crippen LogP contribution in [0.3, 0.4) is 0 Å². The first-order chi connectivity index (χ1) is 10.8. The number of aromatic nitrogens is 4. The summed E-state index contributed by atoms with van der Waals surface area (Å²) in [7, 11) is 4.28. The highest BCUT2D eigenvalue weighted by Crippen LogP contribution is 2.22. The van der Waals surface area contributed by atoms with Gasteiger partial charge in [0.05, 0.1) is 12.9 Å². The Morgan fingerprint density at radius 3 is 2.52 bits per heavy atom. The molecule has 2 heterocycles. The SMILES string of the molecule is C=C(C)Cn1c(SCC(=O)OC)nc2c1c(=O)n(C)c(=O)n2C. The molecule has 0 fully saturated rings. The first kappa shape index (κ1) is 17.1. The number of ether oxygens (including phenoxy) is 1. The molecular weight excluding hydrogens is 320 g/mol. The van der Waals surface area contributed by atoms with Crippen LogP contribution in [0.2, 0.25) is 0 Å². The molecule has 0 radical (unpaired) electrons. The van der Waals surface area contributed by atoms with E-state index < -0.39 is 17.2 Å². The molecular formula is C14H18N4O4S. The molecule has 0 bridgehead atoms. The number of thioether (sulfide) groups is 1. The first-order valence-electron chi connectivity index (χ1n) is 6.78. The number of esters is 1. The number of allylic oxidation sites excluding steroid dienone is 1. The van der Waals surface area contributed by atoms with E-state index in [9.17, 15) is 14.4 Å². The summed E-state index contributed by atoms with van der Waals surface area (Å²) in [6.07, 6.45) is 0. The van der Waals surface area contributed by atoms with Crippen LogP contribution in [0.15, 0.2) is 26.9 Å². The van der Waals surface area contributed by atoms with E-state index in [2.05, 4.69) is 16.3 Å². The zero-order valence-corrected chi connectivity index (χ0v) is 14.3. The molecule has 0 aliphatic heterocycles. The Labute approximate surface area is 136 Å². The van der Waals surface area contributed by atoms with Crippen molar-refractivity contribution in [3.8, 4) is 0 Å². The largest absolute Gasteiger partial charge is 0.468 e. The summed E-state index contributed by atoms with van der Waals surface area (Å²) >= 11 is 1.15. The zero-order valence-electron chi connectivity index (χ0n) is 13.5. The van der Waals surface area contributed by atoms with Crippen molar-refractivity contribution in [2.75, 3.05) is 12.9 Å². The van der Waals surface area contributed by atoms with Crippen LogP contribution in [0.25, 0.3) is 11.2 Å². The Morgan fingerprint density at radius 1 is 1.30 bits per heavy atom. The number of carbonyl (C=O) groups is 1. The lowest BCUT2D eigenvalue weighted by molar-refractivity contribution is -0.137. The Bertz CT molecular complexity index is 906. The molecule has 2 aromatic heterocycles. The Hall–Kier alpha value is -2.29. The number of aryl methyl sites for hydroxylation is 1. The van der Waals surface area contributed by atoms with Crippen molar-refractivity contribution in [3.63, 3.8) is 0 Å². The Kier molecular flexibility index (Phi) is 4.79. The summed E-state index contributed by atoms with van der Waals surface area (Å²) < 4.78 is 8.64. The van der Waals surface area contributed by atoms with Crippen molar-refractivity contribution >= 4 is 28.9 Å². The summed E-state index contributed by atoms with van der Waals surface area (Å²) in [5.74, 6) is -0.338. The van der Waals surface area contributed by atoms with Crippen molar-refractivity contribution in [3.05, 3.63) is 33.0 Å². The van der Waals surface area contributed by atoms with Crippen LogP contribution in [-0.4, -0.2) is 37.5 Å². The molecule has 124 valence electrons. The maximum Gasteiger partial charge on any atom is 0.332 e. The van der Waals surface area contributed by atoms with Gasteiger partial charge in [0, 0.05) is 20.6 Å². The molecule has 0 N–H and O–H groups in total. The van der Waals surface area contributed by atoms with Crippen molar-refractivity contribution < 1.29 is 9.53 Å². The molecule has 0 saturated heterocycles. The minimum atomic E-state index is -0.452. The fourth-order valence-corrected chi connectivity index (χ4v) is 2.96. The highest BCUT2D eigenvalue weighted by molar-refractivity contribution is 7.99. The number of carbonyl (C=O) groups excluding carboxylic acids is 1. The minimum absolute atomic E-state index is 0.0598. The van der Waals surface area contributed by atoms with Crippen LogP contribution < -0.4 is 11.2 Å². The second kappa shape index (κ2) is 6.45. The number of hydrogen-bond acceptors (Lipinski definition) is 6. The molecule has 8 nitrogen and oxygen atoms in total. The fourth-order valence-electron chi connectivity index (χ4n) is 2.14. The minimum Gasteiger partial charge on any atom is -0.468 e. The molecule has 23 heavy (non-hydrogen) atoms. The first-order valence-corrected chi connectivity index (χ1v) is 7.76. The summed E-state index contributed by atoms with van der Waals surface area (Å²) in [4.78, 5) is 40.2. The van der Waals surface area contributed by atoms with E-state index in [1.54, 1.807) is 11.6 Å². The van der Waals surface area contributed by atoms with E-state index >= 15 is 0 Å². The van der Waals surface area contributed by atoms with E-state index in [4.69, 9.17) is 0 Å². The molecule has 0 amide bonds. The van der Waals surface area contributed by atoms with E-state index in [-0.39, 0.29) is 11.4 Å². The van der Waals surface area contributed by atoms with Gasteiger partial charge < -0.3 is 9.30 Å². The summed E-state index contributed by atoms with van der Waals surface area (Å²) in [5.41, 5.74) is 0.533. The van der Waals surface area contributed by atoms with Gasteiger partial charge in [0.2, 0.25) is 0 Å². The van der Waals surface area contributed by atoms with Crippen LogP contribution in [0.5, 0.6) is 0 Å². The monoisotopic (exact) mass is 338 g/mol. The molecule has 0 aromatic carbocycles. The number of imidazole rings is 1. The van der Waals surface area contributed by atoms with Gasteiger partial charge in [-0.15, -0.1) is 0 Å². The number of fused-ring (bicyclic) bond motifs is 1. The molecule has 0 spiro atoms. The lowest BCUT2D eigenvalue weighted by atomic mass is 10.3. The molecule has 0 aliphatic carbocycles. The predicted octanol–water partition coefficient (Wildman–Crippen LogP) is 0.275. The van der Waals surface area contributed by atoms with Gasteiger partial charge in [-0.2, -0.15) is 0 Å². The van der Waals surface area contributed by atoms with Crippen LogP contribution >= 0.6 is 11.8 Å². The van der Waals surface area contributed by atoms with E-state index in [1.807, 2.05) is 6.92 Å². The van der Waals surface area contributed by atoms with Gasteiger partial charge in [0.15, 0.2) is 16.3 Å². The van der Waals surface area contributed by atoms with Gasteiger partial charge in [-0.3, -0.25) is 18.7 Å². The standard InChI is InChI=1S/C14H18N4O4S/c1-8(2)6-18-10-11(15-13(18)23-7-9(19)22-5)16(3)14(21)17(4)12(10)20/h1,6-7H2,2-5H3. The molecule has 0 atom stereocenters. The lowest BCUT2D eigenvalue weighted by Crippen LogP contribution is -2.37. The normalized spacial score (nSPS) is 11.0. The summed E-state index contributed by atoms with van der Waals surface area (Å²) in [5, 5.41) is 0.465. The smallest absolute Gasteiger partial charge is 0.332 e. The van der Waals surface area contributed by atoms with Gasteiger partial charge >= 0.3 is 11.7 Å². The third-order valence-corrected chi connectivity index (χ3v) is 4.24. The van der Waals surface area contributed by atoms with Crippen LogP contribution in [-0.2, 0) is 30.2 Å². The van der Waals surface area contributed by atoms with Crippen LogP contribution in [0, 0.1) is 0 Å². The maximum absolute atomic E-state index is 12.5. The molecule has 2 aromatic rings. The number of hydrogen-bond donors (Lipinski definition) is 0. The number of methoxy groups -OCH3 is 1. The van der Waals surface area contributed by atoms with Crippen LogP contribution in [0.1, 0.15) is 6.92 Å². The zero-order chi connectivity index (χ0) is 17.3. The van der Waals surface area contributed by atoms with Gasteiger partial charge in [-0.05, 0) is 6.92 Å². The molecule has 9 heteroatoms. The highest BCUT2D eigenvalue weighted by Gasteiger charge is 2.20. The quantitative estimate of drug-likeness (QED) is 0.442. The third-order valence-electron chi connectivity index (χ3n) is 3.29. The second-order valence-corrected chi connectivity index (χ2v) is 6.12. The average Bonchev–Trinajstić information content (AvgIpc) is 2.86. The van der Waals surface area contributed by atoms with E-state index in [0.29, 0.717) is 17.2 Å². The van der Waals surface area contributed by atoms with Gasteiger partial charge in [-0.1, -0.05) is 23.9 Å². The maximum atomic E-state index is 12.5. The number of rotatable bonds is 5. The van der Waals surface area contributed by atoms with Crippen molar-refractivity contribution in [1.82, 2.24) is 18.7 Å². The average molecular weight is 338 g/mol. The lowest BCUT2D eigenvalue weighted by Gasteiger charge is -2.08. The van der Waals surface area contributed by atoms with E-state index in [0.717, 1.165) is 21.9 Å². The Balaban J connectivity index is 2.72. The highest BCUT2D eigenvalue weighted by atomic mass is 32.2.